The number of carbonyl (C=O) groups excluding carboxylic acids is 1. The van der Waals surface area contributed by atoms with Crippen LogP contribution in [0.2, 0.25) is 0 Å². The molecule has 29 heavy (non-hydrogen) atoms. The zero-order chi connectivity index (χ0) is 21.2. The van der Waals surface area contributed by atoms with Gasteiger partial charge in [-0.05, 0) is 55.7 Å². The second-order valence-electron chi connectivity index (χ2n) is 6.38. The molecule has 2 N–H and O–H groups in total. The summed E-state index contributed by atoms with van der Waals surface area (Å²) in [6.07, 6.45) is 0.652. The van der Waals surface area contributed by atoms with Gasteiger partial charge in [-0.15, -0.1) is 0 Å². The van der Waals surface area contributed by atoms with Gasteiger partial charge in [-0.3, -0.25) is 0 Å². The molecule has 2 amide bonds. The van der Waals surface area contributed by atoms with Gasteiger partial charge in [0.25, 0.3) is 0 Å². The summed E-state index contributed by atoms with van der Waals surface area (Å²) in [5.41, 5.74) is 1.75. The summed E-state index contributed by atoms with van der Waals surface area (Å²) in [6, 6.07) is 11.8. The molecule has 0 aliphatic heterocycles. The fourth-order valence-electron chi connectivity index (χ4n) is 2.79. The van der Waals surface area contributed by atoms with E-state index in [0.717, 1.165) is 11.3 Å². The quantitative estimate of drug-likeness (QED) is 0.620. The normalized spacial score (nSPS) is 11.7. The zero-order valence-corrected chi connectivity index (χ0v) is 16.7. The number of nitrogens with one attached hydrogen (secondary N) is 2. The van der Waals surface area contributed by atoms with Crippen LogP contribution in [0.25, 0.3) is 0 Å². The molecule has 0 aliphatic rings. The average molecular weight is 408 g/mol. The van der Waals surface area contributed by atoms with Crippen molar-refractivity contribution < 1.29 is 27.8 Å². The monoisotopic (exact) mass is 408 g/mol. The molecule has 0 bridgehead atoms. The summed E-state index contributed by atoms with van der Waals surface area (Å²) in [7, 11) is 1.61. The highest BCUT2D eigenvalue weighted by Gasteiger charge is 2.13. The van der Waals surface area contributed by atoms with Crippen molar-refractivity contribution in [2.45, 2.75) is 39.5 Å². The average Bonchev–Trinajstić information content (AvgIpc) is 2.68. The fraction of sp³-hybridized carbons (Fsp3) is 0.381. The number of ether oxygens (including phenoxy) is 3. The fourth-order valence-corrected chi connectivity index (χ4v) is 2.79. The van der Waals surface area contributed by atoms with E-state index in [1.54, 1.807) is 26.2 Å². The van der Waals surface area contributed by atoms with Crippen LogP contribution in [0.15, 0.2) is 42.5 Å². The van der Waals surface area contributed by atoms with Gasteiger partial charge in [0.05, 0.1) is 13.7 Å². The van der Waals surface area contributed by atoms with Crippen LogP contribution in [0.5, 0.6) is 17.2 Å². The first-order valence-corrected chi connectivity index (χ1v) is 9.29. The van der Waals surface area contributed by atoms with E-state index in [9.17, 15) is 13.6 Å². The predicted molar refractivity (Wildman–Crippen MR) is 106 cm³/mol. The Hall–Kier alpha value is -3.03. The topological polar surface area (TPSA) is 68.8 Å². The lowest BCUT2D eigenvalue weighted by molar-refractivity contribution is -0.0514. The number of alkyl halides is 2. The maximum atomic E-state index is 12.5. The maximum absolute atomic E-state index is 12.5. The van der Waals surface area contributed by atoms with Crippen molar-refractivity contribution in [3.05, 3.63) is 53.6 Å². The molecule has 0 saturated heterocycles. The summed E-state index contributed by atoms with van der Waals surface area (Å²) in [6.45, 7) is 1.23. The smallest absolute Gasteiger partial charge is 0.387 e. The van der Waals surface area contributed by atoms with Crippen molar-refractivity contribution in [3.63, 3.8) is 0 Å². The predicted octanol–water partition coefficient (Wildman–Crippen LogP) is 4.13. The van der Waals surface area contributed by atoms with Gasteiger partial charge < -0.3 is 24.8 Å². The van der Waals surface area contributed by atoms with E-state index in [4.69, 9.17) is 9.47 Å². The van der Waals surface area contributed by atoms with E-state index in [0.29, 0.717) is 18.6 Å². The third-order valence-corrected chi connectivity index (χ3v) is 4.03. The van der Waals surface area contributed by atoms with E-state index in [1.165, 1.54) is 6.07 Å². The van der Waals surface area contributed by atoms with Crippen molar-refractivity contribution in [1.29, 1.82) is 0 Å². The minimum atomic E-state index is -2.94. The largest absolute Gasteiger partial charge is 0.497 e. The lowest BCUT2D eigenvalue weighted by Gasteiger charge is -2.16. The van der Waals surface area contributed by atoms with E-state index in [-0.39, 0.29) is 30.1 Å². The first-order valence-electron chi connectivity index (χ1n) is 9.29. The Labute approximate surface area is 169 Å². The molecular weight excluding hydrogens is 382 g/mol. The number of urea groups is 1. The first-order chi connectivity index (χ1) is 13.9. The van der Waals surface area contributed by atoms with Gasteiger partial charge in [0.1, 0.15) is 5.75 Å². The van der Waals surface area contributed by atoms with Gasteiger partial charge in [-0.1, -0.05) is 18.2 Å². The summed E-state index contributed by atoms with van der Waals surface area (Å²) >= 11 is 0. The molecule has 0 aromatic heterocycles. The number of carbonyl (C=O) groups is 1. The molecular formula is C21H26F2N2O4. The van der Waals surface area contributed by atoms with Gasteiger partial charge in [0.15, 0.2) is 11.5 Å². The lowest BCUT2D eigenvalue weighted by Crippen LogP contribution is -2.41. The molecule has 0 heterocycles. The molecule has 8 heteroatoms. The molecule has 0 saturated carbocycles. The zero-order valence-electron chi connectivity index (χ0n) is 16.7. The molecule has 1 unspecified atom stereocenters. The standard InChI is InChI=1S/C21H26F2N2O4/c1-4-28-19-12-16(8-9-18(19)29-20(22)23)13-24-21(26)25-14(2)10-15-6-5-7-17(11-15)27-3/h5-9,11-12,14,20H,4,10,13H2,1-3H3,(H2,24,25,26). The Morgan fingerprint density at radius 1 is 1.10 bits per heavy atom. The Morgan fingerprint density at radius 2 is 1.90 bits per heavy atom. The van der Waals surface area contributed by atoms with Crippen LogP contribution < -0.4 is 24.8 Å². The summed E-state index contributed by atoms with van der Waals surface area (Å²) in [5.74, 6) is 0.935. The highest BCUT2D eigenvalue weighted by Crippen LogP contribution is 2.29. The van der Waals surface area contributed by atoms with E-state index < -0.39 is 6.61 Å². The van der Waals surface area contributed by atoms with Crippen LogP contribution in [0.3, 0.4) is 0 Å². The van der Waals surface area contributed by atoms with Crippen molar-refractivity contribution >= 4 is 6.03 Å². The molecule has 6 nitrogen and oxygen atoms in total. The third-order valence-electron chi connectivity index (χ3n) is 4.03. The molecule has 0 fully saturated rings. The van der Waals surface area contributed by atoms with Crippen LogP contribution in [0.1, 0.15) is 25.0 Å². The van der Waals surface area contributed by atoms with Crippen molar-refractivity contribution in [1.82, 2.24) is 10.6 Å². The molecule has 0 radical (unpaired) electrons. The van der Waals surface area contributed by atoms with Gasteiger partial charge in [-0.25, -0.2) is 4.79 Å². The van der Waals surface area contributed by atoms with Gasteiger partial charge in [0, 0.05) is 12.6 Å². The van der Waals surface area contributed by atoms with Crippen LogP contribution in [0.4, 0.5) is 13.6 Å². The number of benzene rings is 2. The summed E-state index contributed by atoms with van der Waals surface area (Å²) in [4.78, 5) is 12.2. The molecule has 2 aromatic carbocycles. The third kappa shape index (κ3) is 7.48. The second kappa shape index (κ2) is 11.1. The minimum absolute atomic E-state index is 0.0398. The molecule has 158 valence electrons. The van der Waals surface area contributed by atoms with Crippen LogP contribution in [0, 0.1) is 0 Å². The van der Waals surface area contributed by atoms with Gasteiger partial charge in [0.2, 0.25) is 0 Å². The molecule has 1 atom stereocenters. The van der Waals surface area contributed by atoms with Crippen molar-refractivity contribution in [2.24, 2.45) is 0 Å². The van der Waals surface area contributed by atoms with Crippen LogP contribution in [-0.2, 0) is 13.0 Å². The summed E-state index contributed by atoms with van der Waals surface area (Å²) < 4.78 is 39.9. The Bertz CT molecular complexity index is 802. The number of halogens is 2. The number of rotatable bonds is 10. The molecule has 0 spiro atoms. The van der Waals surface area contributed by atoms with E-state index in [1.807, 2.05) is 31.2 Å². The number of hydrogen-bond donors (Lipinski definition) is 2. The van der Waals surface area contributed by atoms with E-state index >= 15 is 0 Å². The van der Waals surface area contributed by atoms with E-state index in [2.05, 4.69) is 15.4 Å². The second-order valence-corrected chi connectivity index (χ2v) is 6.38. The van der Waals surface area contributed by atoms with Crippen LogP contribution >= 0.6 is 0 Å². The lowest BCUT2D eigenvalue weighted by atomic mass is 10.1. The number of amides is 2. The van der Waals surface area contributed by atoms with Gasteiger partial charge >= 0.3 is 12.6 Å². The number of hydrogen-bond acceptors (Lipinski definition) is 4. The van der Waals surface area contributed by atoms with Crippen LogP contribution in [-0.4, -0.2) is 32.4 Å². The highest BCUT2D eigenvalue weighted by molar-refractivity contribution is 5.74. The minimum Gasteiger partial charge on any atom is -0.497 e. The van der Waals surface area contributed by atoms with Gasteiger partial charge in [-0.2, -0.15) is 8.78 Å². The van der Waals surface area contributed by atoms with Crippen molar-refractivity contribution in [3.8, 4) is 17.2 Å². The Balaban J connectivity index is 1.88. The SMILES string of the molecule is CCOc1cc(CNC(=O)NC(C)Cc2cccc(OC)c2)ccc1OC(F)F. The first kappa shape index (κ1) is 22.3. The Morgan fingerprint density at radius 3 is 2.59 bits per heavy atom. The number of methoxy groups -OCH3 is 1. The molecule has 2 aromatic rings. The molecule has 2 rings (SSSR count). The highest BCUT2D eigenvalue weighted by atomic mass is 19.3. The van der Waals surface area contributed by atoms with Crippen molar-refractivity contribution in [2.75, 3.05) is 13.7 Å². The Kier molecular flexibility index (Phi) is 8.51. The summed E-state index contributed by atoms with van der Waals surface area (Å²) in [5, 5.41) is 5.62. The maximum Gasteiger partial charge on any atom is 0.387 e. The molecule has 0 aliphatic carbocycles.